The van der Waals surface area contributed by atoms with Crippen LogP contribution >= 0.6 is 0 Å². The van der Waals surface area contributed by atoms with Crippen LogP contribution in [0.15, 0.2) is 48.8 Å². The minimum absolute atomic E-state index is 0.475. The van der Waals surface area contributed by atoms with Crippen LogP contribution in [0.4, 0.5) is 10.5 Å². The van der Waals surface area contributed by atoms with Gasteiger partial charge in [0.15, 0.2) is 5.75 Å². The van der Waals surface area contributed by atoms with Crippen molar-refractivity contribution in [3.05, 3.63) is 48.8 Å². The number of benzene rings is 1. The second-order valence-electron chi connectivity index (χ2n) is 3.40. The van der Waals surface area contributed by atoms with Gasteiger partial charge in [-0.2, -0.15) is 0 Å². The minimum Gasteiger partial charge on any atom is -0.493 e. The van der Waals surface area contributed by atoms with Crippen LogP contribution in [0.5, 0.6) is 11.5 Å². The lowest BCUT2D eigenvalue weighted by molar-refractivity contribution is 0.215. The normalized spacial score (nSPS) is 9.61. The van der Waals surface area contributed by atoms with Gasteiger partial charge in [0.2, 0.25) is 0 Å². The number of para-hydroxylation sites is 1. The van der Waals surface area contributed by atoms with E-state index in [-0.39, 0.29) is 0 Å². The summed E-state index contributed by atoms with van der Waals surface area (Å²) in [6.45, 7) is 0. The van der Waals surface area contributed by atoms with Crippen LogP contribution in [-0.2, 0) is 0 Å². The maximum absolute atomic E-state index is 11.6. The van der Waals surface area contributed by atoms with Gasteiger partial charge in [0.1, 0.15) is 5.75 Å². The fourth-order valence-electron chi connectivity index (χ4n) is 1.38. The highest BCUT2D eigenvalue weighted by Crippen LogP contribution is 2.22. The third-order valence-corrected chi connectivity index (χ3v) is 2.19. The van der Waals surface area contributed by atoms with Crippen LogP contribution in [0.3, 0.4) is 0 Å². The number of hydrogen-bond acceptors (Lipinski definition) is 4. The zero-order chi connectivity index (χ0) is 12.8. The molecule has 0 aliphatic rings. The molecular weight excluding hydrogens is 232 g/mol. The Morgan fingerprint density at radius 1 is 1.22 bits per heavy atom. The molecule has 1 aromatic heterocycles. The average Bonchev–Trinajstić information content (AvgIpc) is 2.40. The second-order valence-corrected chi connectivity index (χ2v) is 3.40. The monoisotopic (exact) mass is 244 g/mol. The number of nitrogens with zero attached hydrogens (tertiary/aromatic N) is 1. The number of amides is 1. The van der Waals surface area contributed by atoms with Crippen molar-refractivity contribution in [1.29, 1.82) is 0 Å². The predicted molar refractivity (Wildman–Crippen MR) is 66.9 cm³/mol. The molecule has 92 valence electrons. The molecule has 1 aromatic carbocycles. The Balaban J connectivity index is 2.03. The largest absolute Gasteiger partial charge is 0.493 e. The van der Waals surface area contributed by atoms with Gasteiger partial charge >= 0.3 is 6.09 Å². The molecule has 1 N–H and O–H groups in total. The van der Waals surface area contributed by atoms with E-state index in [0.717, 1.165) is 0 Å². The Labute approximate surface area is 104 Å². The zero-order valence-electron chi connectivity index (χ0n) is 9.79. The number of rotatable bonds is 3. The Morgan fingerprint density at radius 2 is 2.00 bits per heavy atom. The summed E-state index contributed by atoms with van der Waals surface area (Å²) in [5, 5.41) is 2.58. The van der Waals surface area contributed by atoms with E-state index in [1.54, 1.807) is 36.5 Å². The maximum atomic E-state index is 11.6. The summed E-state index contributed by atoms with van der Waals surface area (Å²) in [4.78, 5) is 15.5. The number of methoxy groups -OCH3 is 1. The number of nitrogens with one attached hydrogen (secondary N) is 1. The number of aromatic nitrogens is 1. The van der Waals surface area contributed by atoms with Gasteiger partial charge in [-0.1, -0.05) is 18.2 Å². The summed E-state index contributed by atoms with van der Waals surface area (Å²) in [5.74, 6) is 0.950. The summed E-state index contributed by atoms with van der Waals surface area (Å²) in [5.41, 5.74) is 0.508. The second kappa shape index (κ2) is 5.67. The third kappa shape index (κ3) is 2.98. The molecule has 0 saturated carbocycles. The van der Waals surface area contributed by atoms with Gasteiger partial charge in [0, 0.05) is 6.20 Å². The van der Waals surface area contributed by atoms with Gasteiger partial charge in [0.05, 0.1) is 19.0 Å². The first kappa shape index (κ1) is 11.9. The van der Waals surface area contributed by atoms with Gasteiger partial charge in [0.25, 0.3) is 0 Å². The van der Waals surface area contributed by atoms with Crippen LogP contribution in [0.1, 0.15) is 0 Å². The summed E-state index contributed by atoms with van der Waals surface area (Å²) >= 11 is 0. The summed E-state index contributed by atoms with van der Waals surface area (Å²) in [6, 6.07) is 10.4. The molecule has 0 aliphatic carbocycles. The van der Waals surface area contributed by atoms with E-state index in [4.69, 9.17) is 9.47 Å². The summed E-state index contributed by atoms with van der Waals surface area (Å²) < 4.78 is 10.2. The highest BCUT2D eigenvalue weighted by molar-refractivity contribution is 5.87. The number of anilines is 1. The van der Waals surface area contributed by atoms with E-state index in [1.807, 2.05) is 6.07 Å². The Bertz CT molecular complexity index is 529. The van der Waals surface area contributed by atoms with E-state index in [9.17, 15) is 4.79 Å². The van der Waals surface area contributed by atoms with Crippen LogP contribution in [0.2, 0.25) is 0 Å². The molecule has 1 heterocycles. The molecule has 0 fully saturated rings. The molecule has 5 nitrogen and oxygen atoms in total. The number of pyridine rings is 1. The van der Waals surface area contributed by atoms with Crippen molar-refractivity contribution in [3.8, 4) is 11.5 Å². The highest BCUT2D eigenvalue weighted by Gasteiger charge is 2.08. The minimum atomic E-state index is -0.578. The smallest absolute Gasteiger partial charge is 0.417 e. The first-order valence-electron chi connectivity index (χ1n) is 5.31. The number of carbonyl (C=O) groups is 1. The van der Waals surface area contributed by atoms with E-state index in [0.29, 0.717) is 17.2 Å². The lowest BCUT2D eigenvalue weighted by atomic mass is 10.3. The number of ether oxygens (including phenoxy) is 2. The standard InChI is InChI=1S/C13H12N2O3/c1-17-12-9-14-8-7-11(12)15-13(16)18-10-5-3-2-4-6-10/h2-9H,1H3,(H,14,15,16). The van der Waals surface area contributed by atoms with Crippen molar-refractivity contribution >= 4 is 11.8 Å². The number of hydrogen-bond donors (Lipinski definition) is 1. The van der Waals surface area contributed by atoms with Crippen molar-refractivity contribution in [2.75, 3.05) is 12.4 Å². The fraction of sp³-hybridized carbons (Fsp3) is 0.0769. The molecule has 18 heavy (non-hydrogen) atoms. The summed E-state index contributed by atoms with van der Waals surface area (Å²) in [7, 11) is 1.50. The van der Waals surface area contributed by atoms with Crippen LogP contribution in [0, 0.1) is 0 Å². The van der Waals surface area contributed by atoms with Crippen LogP contribution in [0.25, 0.3) is 0 Å². The molecule has 5 heteroatoms. The lowest BCUT2D eigenvalue weighted by Crippen LogP contribution is -2.17. The molecule has 0 saturated heterocycles. The molecule has 1 amide bonds. The van der Waals surface area contributed by atoms with Gasteiger partial charge in [-0.3, -0.25) is 10.3 Å². The van der Waals surface area contributed by atoms with Crippen molar-refractivity contribution in [1.82, 2.24) is 4.98 Å². The van der Waals surface area contributed by atoms with Gasteiger partial charge < -0.3 is 9.47 Å². The summed E-state index contributed by atoms with van der Waals surface area (Å²) in [6.07, 6.45) is 2.49. The molecular formula is C13H12N2O3. The predicted octanol–water partition coefficient (Wildman–Crippen LogP) is 2.70. The van der Waals surface area contributed by atoms with Gasteiger partial charge in [-0.25, -0.2) is 4.79 Å². The fourth-order valence-corrected chi connectivity index (χ4v) is 1.38. The topological polar surface area (TPSA) is 60.5 Å². The quantitative estimate of drug-likeness (QED) is 0.901. The van der Waals surface area contributed by atoms with Crippen LogP contribution in [-0.4, -0.2) is 18.2 Å². The highest BCUT2D eigenvalue weighted by atomic mass is 16.6. The maximum Gasteiger partial charge on any atom is 0.417 e. The Hall–Kier alpha value is -2.56. The molecule has 2 rings (SSSR count). The number of carbonyl (C=O) groups excluding carboxylic acids is 1. The molecule has 0 atom stereocenters. The molecule has 0 unspecified atom stereocenters. The van der Waals surface area contributed by atoms with Gasteiger partial charge in [-0.15, -0.1) is 0 Å². The SMILES string of the molecule is COc1cnccc1NC(=O)Oc1ccccc1. The zero-order valence-corrected chi connectivity index (χ0v) is 9.79. The molecule has 0 radical (unpaired) electrons. The third-order valence-electron chi connectivity index (χ3n) is 2.19. The molecule has 0 aliphatic heterocycles. The van der Waals surface area contributed by atoms with Crippen molar-refractivity contribution in [2.24, 2.45) is 0 Å². The van der Waals surface area contributed by atoms with Crippen molar-refractivity contribution in [3.63, 3.8) is 0 Å². The first-order chi connectivity index (χ1) is 8.79. The van der Waals surface area contributed by atoms with Crippen LogP contribution < -0.4 is 14.8 Å². The Morgan fingerprint density at radius 3 is 2.72 bits per heavy atom. The van der Waals surface area contributed by atoms with E-state index >= 15 is 0 Å². The molecule has 0 spiro atoms. The lowest BCUT2D eigenvalue weighted by Gasteiger charge is -2.09. The van der Waals surface area contributed by atoms with E-state index in [2.05, 4.69) is 10.3 Å². The average molecular weight is 244 g/mol. The van der Waals surface area contributed by atoms with E-state index < -0.39 is 6.09 Å². The Kier molecular flexibility index (Phi) is 3.76. The molecule has 2 aromatic rings. The van der Waals surface area contributed by atoms with Gasteiger partial charge in [-0.05, 0) is 18.2 Å². The first-order valence-corrected chi connectivity index (χ1v) is 5.31. The van der Waals surface area contributed by atoms with Crippen molar-refractivity contribution in [2.45, 2.75) is 0 Å². The molecule has 0 bridgehead atoms. The van der Waals surface area contributed by atoms with E-state index in [1.165, 1.54) is 13.3 Å². The van der Waals surface area contributed by atoms with Crippen molar-refractivity contribution < 1.29 is 14.3 Å².